The number of amides is 1. The Morgan fingerprint density at radius 2 is 2.20 bits per heavy atom. The number of carbonyl (C=O) groups is 1. The number of likely N-dealkylation sites (tertiary alicyclic amines) is 1. The second-order valence-electron chi connectivity index (χ2n) is 7.45. The highest BCUT2D eigenvalue weighted by Crippen LogP contribution is 2.32. The van der Waals surface area contributed by atoms with Gasteiger partial charge in [-0.1, -0.05) is 22.0 Å². The molecule has 6 nitrogen and oxygen atoms in total. The van der Waals surface area contributed by atoms with Crippen molar-refractivity contribution in [2.45, 2.75) is 51.3 Å². The van der Waals surface area contributed by atoms with Gasteiger partial charge in [-0.25, -0.2) is 4.79 Å². The topological polar surface area (TPSA) is 74.2 Å². The lowest BCUT2D eigenvalue weighted by Crippen LogP contribution is -2.46. The summed E-state index contributed by atoms with van der Waals surface area (Å²) < 4.78 is 6.34. The number of hydrogen-bond acceptors (Lipinski definition) is 5. The smallest absolute Gasteiger partial charge is 0.410 e. The van der Waals surface area contributed by atoms with Gasteiger partial charge in [0.05, 0.1) is 12.1 Å². The summed E-state index contributed by atoms with van der Waals surface area (Å²) in [5, 5.41) is 13.5. The van der Waals surface area contributed by atoms with Gasteiger partial charge in [0.15, 0.2) is 0 Å². The van der Waals surface area contributed by atoms with E-state index in [0.717, 1.165) is 28.7 Å². The Bertz CT molecular complexity index is 699. The number of carbonyl (C=O) groups excluding carboxylic acids is 1. The number of aromatic hydroxyl groups is 1. The molecule has 136 valence electrons. The molecule has 2 atom stereocenters. The molecule has 2 N–H and O–H groups in total. The summed E-state index contributed by atoms with van der Waals surface area (Å²) in [4.78, 5) is 18.9. The number of ether oxygens (including phenoxy) is 1. The minimum atomic E-state index is -0.513. The van der Waals surface area contributed by atoms with Gasteiger partial charge in [0.1, 0.15) is 17.2 Å². The number of nitrogens with zero attached hydrogens (tertiary/aromatic N) is 2. The third kappa shape index (κ3) is 4.08. The van der Waals surface area contributed by atoms with Crippen LogP contribution in [0.2, 0.25) is 0 Å². The van der Waals surface area contributed by atoms with Gasteiger partial charge in [-0.2, -0.15) is 0 Å². The van der Waals surface area contributed by atoms with Gasteiger partial charge in [-0.05, 0) is 45.7 Å². The molecule has 1 aromatic carbocycles. The molecule has 0 radical (unpaired) electrons. The van der Waals surface area contributed by atoms with E-state index >= 15 is 0 Å². The maximum Gasteiger partial charge on any atom is 0.410 e. The highest BCUT2D eigenvalue weighted by Gasteiger charge is 2.37. The van der Waals surface area contributed by atoms with Gasteiger partial charge >= 0.3 is 6.09 Å². The van der Waals surface area contributed by atoms with Crippen LogP contribution in [-0.2, 0) is 4.74 Å². The van der Waals surface area contributed by atoms with Crippen LogP contribution in [0.25, 0.3) is 0 Å². The molecule has 0 aromatic heterocycles. The molecule has 2 aliphatic rings. The molecule has 2 aliphatic heterocycles. The Morgan fingerprint density at radius 1 is 1.44 bits per heavy atom. The van der Waals surface area contributed by atoms with Crippen LogP contribution in [0.3, 0.4) is 0 Å². The van der Waals surface area contributed by atoms with Gasteiger partial charge in [0, 0.05) is 23.1 Å². The Kier molecular flexibility index (Phi) is 4.95. The molecular formula is C18H24BrN3O3. The van der Waals surface area contributed by atoms with E-state index in [1.807, 2.05) is 32.9 Å². The summed E-state index contributed by atoms with van der Waals surface area (Å²) in [5.74, 6) is 1.03. The molecule has 3 rings (SSSR count). The van der Waals surface area contributed by atoms with Crippen molar-refractivity contribution in [2.24, 2.45) is 4.99 Å². The number of hydrogen-bond donors (Lipinski definition) is 2. The maximum atomic E-state index is 12.4. The van der Waals surface area contributed by atoms with Gasteiger partial charge < -0.3 is 15.2 Å². The number of rotatable bonds is 2. The standard InChI is InChI=1S/C18H24BrN3O3/c1-18(2,3)25-17(24)22-8-4-5-14(22)16-20-10-13(21-16)12-7-6-11(19)9-15(12)23/h6-7,9,13-14,23H,4-5,8,10H2,1-3H3,(H,20,21). The SMILES string of the molecule is CC(C)(C)OC(=O)N1CCCC1C1=NC(c2ccc(Br)cc2O)CN1. The first-order valence-corrected chi connectivity index (χ1v) is 9.33. The lowest BCUT2D eigenvalue weighted by Gasteiger charge is -2.28. The van der Waals surface area contributed by atoms with Crippen molar-refractivity contribution >= 4 is 27.9 Å². The normalized spacial score (nSPS) is 23.4. The lowest BCUT2D eigenvalue weighted by atomic mass is 10.1. The summed E-state index contributed by atoms with van der Waals surface area (Å²) in [6, 6.07) is 5.20. The van der Waals surface area contributed by atoms with Gasteiger partial charge in [0.2, 0.25) is 0 Å². The van der Waals surface area contributed by atoms with Crippen LogP contribution in [0.4, 0.5) is 4.79 Å². The van der Waals surface area contributed by atoms with E-state index in [0.29, 0.717) is 13.1 Å². The molecule has 7 heteroatoms. The zero-order valence-corrected chi connectivity index (χ0v) is 16.3. The third-order valence-electron chi connectivity index (χ3n) is 4.32. The van der Waals surface area contributed by atoms with Gasteiger partial charge in [0.25, 0.3) is 0 Å². The van der Waals surface area contributed by atoms with Crippen molar-refractivity contribution in [1.82, 2.24) is 10.2 Å². The molecule has 1 fully saturated rings. The van der Waals surface area contributed by atoms with Crippen molar-refractivity contribution in [3.8, 4) is 5.75 Å². The van der Waals surface area contributed by atoms with E-state index in [2.05, 4.69) is 21.2 Å². The van der Waals surface area contributed by atoms with E-state index in [4.69, 9.17) is 9.73 Å². The van der Waals surface area contributed by atoms with Crippen LogP contribution >= 0.6 is 15.9 Å². The Labute approximate surface area is 156 Å². The first-order chi connectivity index (χ1) is 11.7. The average molecular weight is 410 g/mol. The fourth-order valence-electron chi connectivity index (χ4n) is 3.23. The van der Waals surface area contributed by atoms with Crippen LogP contribution in [0, 0.1) is 0 Å². The zero-order chi connectivity index (χ0) is 18.2. The summed E-state index contributed by atoms with van der Waals surface area (Å²) >= 11 is 3.35. The second kappa shape index (κ2) is 6.86. The zero-order valence-electron chi connectivity index (χ0n) is 14.8. The van der Waals surface area contributed by atoms with Crippen molar-refractivity contribution in [3.05, 3.63) is 28.2 Å². The van der Waals surface area contributed by atoms with E-state index in [1.54, 1.807) is 11.0 Å². The van der Waals surface area contributed by atoms with Crippen molar-refractivity contribution in [2.75, 3.05) is 13.1 Å². The first kappa shape index (κ1) is 18.0. The fraction of sp³-hybridized carbons (Fsp3) is 0.556. The summed E-state index contributed by atoms with van der Waals surface area (Å²) in [7, 11) is 0. The molecule has 0 aliphatic carbocycles. The average Bonchev–Trinajstić information content (AvgIpc) is 3.14. The predicted octanol–water partition coefficient (Wildman–Crippen LogP) is 3.60. The molecule has 1 aromatic rings. The number of aliphatic imine (C=N–C) groups is 1. The molecular weight excluding hydrogens is 386 g/mol. The fourth-order valence-corrected chi connectivity index (χ4v) is 3.58. The van der Waals surface area contributed by atoms with E-state index in [1.165, 1.54) is 0 Å². The van der Waals surface area contributed by atoms with Gasteiger partial charge in [-0.15, -0.1) is 0 Å². The number of phenols is 1. The number of benzene rings is 1. The number of amidine groups is 1. The molecule has 25 heavy (non-hydrogen) atoms. The summed E-state index contributed by atoms with van der Waals surface area (Å²) in [6.45, 7) is 6.90. The minimum Gasteiger partial charge on any atom is -0.508 e. The van der Waals surface area contributed by atoms with E-state index in [-0.39, 0.29) is 23.9 Å². The maximum absolute atomic E-state index is 12.4. The van der Waals surface area contributed by atoms with E-state index < -0.39 is 5.60 Å². The summed E-state index contributed by atoms with van der Waals surface area (Å²) in [6.07, 6.45) is 1.50. The van der Waals surface area contributed by atoms with Gasteiger partial charge in [-0.3, -0.25) is 9.89 Å². The van der Waals surface area contributed by atoms with Crippen LogP contribution < -0.4 is 5.32 Å². The van der Waals surface area contributed by atoms with Crippen molar-refractivity contribution in [1.29, 1.82) is 0 Å². The molecule has 0 saturated carbocycles. The summed E-state index contributed by atoms with van der Waals surface area (Å²) in [5.41, 5.74) is 0.272. The predicted molar refractivity (Wildman–Crippen MR) is 99.9 cm³/mol. The third-order valence-corrected chi connectivity index (χ3v) is 4.81. The number of phenolic OH excluding ortho intramolecular Hbond substituents is 1. The van der Waals surface area contributed by atoms with Crippen molar-refractivity contribution in [3.63, 3.8) is 0 Å². The Balaban J connectivity index is 1.76. The molecule has 2 heterocycles. The molecule has 0 bridgehead atoms. The molecule has 0 spiro atoms. The largest absolute Gasteiger partial charge is 0.508 e. The van der Waals surface area contributed by atoms with Crippen LogP contribution in [0.15, 0.2) is 27.7 Å². The number of halogens is 1. The molecule has 1 amide bonds. The minimum absolute atomic E-state index is 0.0857. The first-order valence-electron chi connectivity index (χ1n) is 8.54. The Morgan fingerprint density at radius 3 is 2.88 bits per heavy atom. The molecule has 2 unspecified atom stereocenters. The lowest BCUT2D eigenvalue weighted by molar-refractivity contribution is 0.0264. The molecule has 1 saturated heterocycles. The highest BCUT2D eigenvalue weighted by molar-refractivity contribution is 9.10. The van der Waals surface area contributed by atoms with Crippen LogP contribution in [0.1, 0.15) is 45.2 Å². The van der Waals surface area contributed by atoms with Crippen LogP contribution in [-0.4, -0.2) is 46.7 Å². The quantitative estimate of drug-likeness (QED) is 0.782. The van der Waals surface area contributed by atoms with Crippen molar-refractivity contribution < 1.29 is 14.6 Å². The highest BCUT2D eigenvalue weighted by atomic mass is 79.9. The number of nitrogens with one attached hydrogen (secondary N) is 1. The Hall–Kier alpha value is -1.76. The van der Waals surface area contributed by atoms with E-state index in [9.17, 15) is 9.90 Å². The van der Waals surface area contributed by atoms with Crippen LogP contribution in [0.5, 0.6) is 5.75 Å². The monoisotopic (exact) mass is 409 g/mol. The second-order valence-corrected chi connectivity index (χ2v) is 8.36.